The van der Waals surface area contributed by atoms with E-state index in [0.717, 1.165) is 50.2 Å². The molecule has 1 atom stereocenters. The smallest absolute Gasteiger partial charge is 0.326 e. The number of unbranched alkanes of at least 4 members (excludes halogenated alkanes) is 1. The Morgan fingerprint density at radius 1 is 1.26 bits per heavy atom. The van der Waals surface area contributed by atoms with Crippen molar-refractivity contribution >= 4 is 17.7 Å². The molecule has 0 radical (unpaired) electrons. The second kappa shape index (κ2) is 11.3. The van der Waals surface area contributed by atoms with E-state index in [9.17, 15) is 14.7 Å². The molecule has 2 aromatic heterocycles. The zero-order chi connectivity index (χ0) is 24.7. The standard InChI is InChI=1S/C26H31N5O4/c27-15-18-14-20(17-28-16-18)26(9-10-26)25(34)31-22(24(32)33)8-13-35-12-2-1-5-21-7-6-19-4-3-11-29-23(19)30-21/h6-7,14,16-17,22H,1-5,8-13H2,(H,29,30)(H,31,34)(H,32,33)/t22-/m0/s1. The van der Waals surface area contributed by atoms with Gasteiger partial charge in [0.15, 0.2) is 0 Å². The Bertz CT molecular complexity index is 1110. The molecule has 0 spiro atoms. The highest BCUT2D eigenvalue weighted by Crippen LogP contribution is 2.48. The van der Waals surface area contributed by atoms with Gasteiger partial charge in [-0.2, -0.15) is 5.26 Å². The minimum Gasteiger partial charge on any atom is -0.480 e. The molecule has 3 heterocycles. The Morgan fingerprint density at radius 2 is 2.11 bits per heavy atom. The molecule has 0 saturated heterocycles. The number of hydrogen-bond donors (Lipinski definition) is 3. The Balaban J connectivity index is 1.17. The molecule has 1 saturated carbocycles. The fourth-order valence-electron chi connectivity index (χ4n) is 4.41. The van der Waals surface area contributed by atoms with Crippen LogP contribution in [0.15, 0.2) is 30.6 Å². The third-order valence-corrected chi connectivity index (χ3v) is 6.68. The van der Waals surface area contributed by atoms with Gasteiger partial charge in [-0.25, -0.2) is 9.78 Å². The first-order valence-corrected chi connectivity index (χ1v) is 12.2. The van der Waals surface area contributed by atoms with Crippen molar-refractivity contribution in [1.82, 2.24) is 15.3 Å². The van der Waals surface area contributed by atoms with Gasteiger partial charge in [-0.05, 0) is 68.2 Å². The number of hydrogen-bond acceptors (Lipinski definition) is 7. The van der Waals surface area contributed by atoms with E-state index in [1.807, 2.05) is 6.07 Å². The minimum absolute atomic E-state index is 0.186. The van der Waals surface area contributed by atoms with Gasteiger partial charge in [0.2, 0.25) is 5.91 Å². The van der Waals surface area contributed by atoms with Crippen LogP contribution in [0.3, 0.4) is 0 Å². The van der Waals surface area contributed by atoms with Crippen LogP contribution in [0.5, 0.6) is 0 Å². The molecule has 2 aliphatic rings. The average Bonchev–Trinajstić information content (AvgIpc) is 3.69. The Morgan fingerprint density at radius 3 is 2.89 bits per heavy atom. The summed E-state index contributed by atoms with van der Waals surface area (Å²) in [4.78, 5) is 33.3. The zero-order valence-electron chi connectivity index (χ0n) is 19.8. The van der Waals surface area contributed by atoms with Crippen LogP contribution in [0.1, 0.15) is 60.9 Å². The molecule has 1 fully saturated rings. The molecule has 4 rings (SSSR count). The first-order valence-electron chi connectivity index (χ1n) is 12.2. The molecule has 1 amide bonds. The SMILES string of the molecule is N#Cc1cncc(C2(C(=O)N[C@@H](CCOCCCCc3ccc4c(n3)NCCC4)C(=O)O)CC2)c1. The lowest BCUT2D eigenvalue weighted by atomic mass is 9.95. The van der Waals surface area contributed by atoms with Crippen molar-refractivity contribution in [1.29, 1.82) is 5.26 Å². The van der Waals surface area contributed by atoms with Crippen molar-refractivity contribution in [3.63, 3.8) is 0 Å². The number of carboxylic acids is 1. The van der Waals surface area contributed by atoms with Crippen LogP contribution in [0.4, 0.5) is 5.82 Å². The van der Waals surface area contributed by atoms with Crippen LogP contribution in [0.2, 0.25) is 0 Å². The lowest BCUT2D eigenvalue weighted by Crippen LogP contribution is -2.46. The number of nitriles is 1. The summed E-state index contributed by atoms with van der Waals surface area (Å²) in [7, 11) is 0. The number of aliphatic carboxylic acids is 1. The number of nitrogens with zero attached hydrogens (tertiary/aromatic N) is 3. The third kappa shape index (κ3) is 6.14. The number of anilines is 1. The van der Waals surface area contributed by atoms with E-state index >= 15 is 0 Å². The molecule has 0 unspecified atom stereocenters. The maximum absolute atomic E-state index is 12.9. The summed E-state index contributed by atoms with van der Waals surface area (Å²) < 4.78 is 5.65. The zero-order valence-corrected chi connectivity index (χ0v) is 19.8. The van der Waals surface area contributed by atoms with E-state index in [1.54, 1.807) is 12.3 Å². The average molecular weight is 478 g/mol. The summed E-state index contributed by atoms with van der Waals surface area (Å²) in [6.07, 6.45) is 9.28. The maximum atomic E-state index is 12.9. The number of carboxylic acid groups (broad SMARTS) is 1. The van der Waals surface area contributed by atoms with E-state index in [2.05, 4.69) is 27.8 Å². The Labute approximate surface area is 204 Å². The number of fused-ring (bicyclic) bond motifs is 1. The highest BCUT2D eigenvalue weighted by atomic mass is 16.5. The normalized spacial score (nSPS) is 16.3. The van der Waals surface area contributed by atoms with Crippen molar-refractivity contribution in [3.8, 4) is 6.07 Å². The van der Waals surface area contributed by atoms with Gasteiger partial charge < -0.3 is 20.5 Å². The van der Waals surface area contributed by atoms with E-state index in [4.69, 9.17) is 15.0 Å². The Hall–Kier alpha value is -3.51. The summed E-state index contributed by atoms with van der Waals surface area (Å²) in [6, 6.07) is 6.89. The highest BCUT2D eigenvalue weighted by molar-refractivity contribution is 5.94. The van der Waals surface area contributed by atoms with Gasteiger partial charge in [-0.15, -0.1) is 0 Å². The topological polar surface area (TPSA) is 137 Å². The minimum atomic E-state index is -1.09. The quantitative estimate of drug-likeness (QED) is 0.397. The van der Waals surface area contributed by atoms with Crippen LogP contribution < -0.4 is 10.6 Å². The fourth-order valence-corrected chi connectivity index (χ4v) is 4.41. The van der Waals surface area contributed by atoms with Gasteiger partial charge >= 0.3 is 5.97 Å². The molecule has 2 aromatic rings. The molecule has 9 heteroatoms. The summed E-state index contributed by atoms with van der Waals surface area (Å²) >= 11 is 0. The van der Waals surface area contributed by atoms with Crippen LogP contribution >= 0.6 is 0 Å². The number of carbonyl (C=O) groups is 2. The number of aryl methyl sites for hydroxylation is 2. The Kier molecular flexibility index (Phi) is 7.93. The van der Waals surface area contributed by atoms with Gasteiger partial charge in [-0.3, -0.25) is 9.78 Å². The predicted octanol–water partition coefficient (Wildman–Crippen LogP) is 2.74. The van der Waals surface area contributed by atoms with Gasteiger partial charge in [0.1, 0.15) is 17.9 Å². The van der Waals surface area contributed by atoms with Crippen molar-refractivity contribution in [2.24, 2.45) is 0 Å². The summed E-state index contributed by atoms with van der Waals surface area (Å²) in [5.74, 6) is -0.420. The van der Waals surface area contributed by atoms with E-state index < -0.39 is 17.4 Å². The van der Waals surface area contributed by atoms with Gasteiger partial charge in [0, 0.05) is 44.3 Å². The van der Waals surface area contributed by atoms with Crippen LogP contribution in [-0.2, 0) is 32.6 Å². The number of aromatic nitrogens is 2. The molecular weight excluding hydrogens is 446 g/mol. The van der Waals surface area contributed by atoms with Gasteiger partial charge in [-0.1, -0.05) is 6.07 Å². The molecule has 0 bridgehead atoms. The number of nitrogens with one attached hydrogen (secondary N) is 2. The van der Waals surface area contributed by atoms with E-state index in [-0.39, 0.29) is 18.9 Å². The predicted molar refractivity (Wildman–Crippen MR) is 129 cm³/mol. The van der Waals surface area contributed by atoms with E-state index in [0.29, 0.717) is 30.6 Å². The number of pyridine rings is 2. The molecule has 1 aliphatic carbocycles. The van der Waals surface area contributed by atoms with Crippen molar-refractivity contribution in [3.05, 3.63) is 53.0 Å². The lowest BCUT2D eigenvalue weighted by molar-refractivity contribution is -0.142. The van der Waals surface area contributed by atoms with Crippen molar-refractivity contribution in [2.75, 3.05) is 25.1 Å². The van der Waals surface area contributed by atoms with Crippen molar-refractivity contribution in [2.45, 2.75) is 62.8 Å². The first-order chi connectivity index (χ1) is 17.0. The van der Waals surface area contributed by atoms with Crippen LogP contribution in [0.25, 0.3) is 0 Å². The number of rotatable bonds is 12. The fraction of sp³-hybridized carbons (Fsp3) is 0.500. The second-order valence-electron chi connectivity index (χ2n) is 9.22. The molecule has 35 heavy (non-hydrogen) atoms. The largest absolute Gasteiger partial charge is 0.480 e. The van der Waals surface area contributed by atoms with Gasteiger partial charge in [0.05, 0.1) is 11.0 Å². The molecule has 1 aliphatic heterocycles. The maximum Gasteiger partial charge on any atom is 0.326 e. The number of carbonyl (C=O) groups excluding carboxylic acids is 1. The molecule has 0 aromatic carbocycles. The monoisotopic (exact) mass is 477 g/mol. The molecule has 3 N–H and O–H groups in total. The third-order valence-electron chi connectivity index (χ3n) is 6.68. The number of ether oxygens (including phenoxy) is 1. The summed E-state index contributed by atoms with van der Waals surface area (Å²) in [5.41, 5.74) is 2.58. The second-order valence-corrected chi connectivity index (χ2v) is 9.22. The van der Waals surface area contributed by atoms with Crippen molar-refractivity contribution < 1.29 is 19.4 Å². The number of amides is 1. The highest BCUT2D eigenvalue weighted by Gasteiger charge is 2.52. The molecule has 184 valence electrons. The molecular formula is C26H31N5O4. The molecule has 9 nitrogen and oxygen atoms in total. The summed E-state index contributed by atoms with van der Waals surface area (Å²) in [6.45, 7) is 1.75. The van der Waals surface area contributed by atoms with E-state index in [1.165, 1.54) is 11.8 Å². The summed E-state index contributed by atoms with van der Waals surface area (Å²) in [5, 5.41) is 24.7. The first kappa shape index (κ1) is 24.6. The van der Waals surface area contributed by atoms with Gasteiger partial charge in [0.25, 0.3) is 0 Å². The lowest BCUT2D eigenvalue weighted by Gasteiger charge is -2.20. The van der Waals surface area contributed by atoms with Crippen LogP contribution in [-0.4, -0.2) is 52.8 Å². The van der Waals surface area contributed by atoms with Crippen LogP contribution in [0, 0.1) is 11.3 Å².